The second-order valence-electron chi connectivity index (χ2n) is 11.4. The Balaban J connectivity index is 1.52. The molecule has 1 atom stereocenters. The highest BCUT2D eigenvalue weighted by molar-refractivity contribution is 5.78. The monoisotopic (exact) mass is 545 g/mol. The molecule has 3 aromatic rings. The molecule has 1 unspecified atom stereocenters. The summed E-state index contributed by atoms with van der Waals surface area (Å²) in [6.45, 7) is 12.6. The first kappa shape index (κ1) is 28.6. The quantitative estimate of drug-likeness (QED) is 0.406. The zero-order valence-electron chi connectivity index (χ0n) is 23.7. The molecule has 2 heterocycles. The van der Waals surface area contributed by atoms with Gasteiger partial charge in [-0.15, -0.1) is 0 Å². The van der Waals surface area contributed by atoms with E-state index in [2.05, 4.69) is 21.5 Å². The van der Waals surface area contributed by atoms with Crippen LogP contribution >= 0.6 is 0 Å². The maximum atomic E-state index is 13.1. The van der Waals surface area contributed by atoms with Crippen molar-refractivity contribution >= 4 is 12.0 Å². The maximum Gasteiger partial charge on any atom is 0.404 e. The molecule has 1 aliphatic rings. The molecule has 4 rings (SSSR count). The zero-order valence-corrected chi connectivity index (χ0v) is 23.7. The summed E-state index contributed by atoms with van der Waals surface area (Å²) < 4.78 is 11.3. The van der Waals surface area contributed by atoms with Gasteiger partial charge < -0.3 is 24.6 Å². The van der Waals surface area contributed by atoms with Crippen molar-refractivity contribution in [1.82, 2.24) is 20.4 Å². The van der Waals surface area contributed by atoms with E-state index in [0.29, 0.717) is 48.1 Å². The van der Waals surface area contributed by atoms with Crippen LogP contribution in [0.2, 0.25) is 0 Å². The Kier molecular flexibility index (Phi) is 8.14. The van der Waals surface area contributed by atoms with Gasteiger partial charge in [0.2, 0.25) is 11.7 Å². The van der Waals surface area contributed by atoms with Gasteiger partial charge in [0.05, 0.1) is 11.7 Å². The van der Waals surface area contributed by atoms with Crippen LogP contribution in [0.25, 0.3) is 22.8 Å². The Hall–Kier alpha value is -4.39. The number of amides is 2. The number of benzene rings is 2. The summed E-state index contributed by atoms with van der Waals surface area (Å²) in [5.74, 6) is 1.18. The fourth-order valence-electron chi connectivity index (χ4n) is 4.88. The first-order chi connectivity index (χ1) is 18.9. The molecule has 1 aromatic heterocycles. The van der Waals surface area contributed by atoms with Crippen LogP contribution < -0.4 is 10.1 Å². The molecule has 10 heteroatoms. The van der Waals surface area contributed by atoms with Crippen molar-refractivity contribution in [2.75, 3.05) is 6.54 Å². The van der Waals surface area contributed by atoms with Crippen LogP contribution in [-0.4, -0.2) is 50.8 Å². The topological polar surface area (TPSA) is 142 Å². The minimum absolute atomic E-state index is 0.0560. The normalized spacial score (nSPS) is 13.9. The average molecular weight is 546 g/mol. The highest BCUT2D eigenvalue weighted by Crippen LogP contribution is 2.33. The van der Waals surface area contributed by atoms with Crippen LogP contribution in [0.1, 0.15) is 63.3 Å². The first-order valence-electron chi connectivity index (χ1n) is 13.3. The molecule has 10 nitrogen and oxygen atoms in total. The Morgan fingerprint density at radius 2 is 2.00 bits per heavy atom. The second kappa shape index (κ2) is 11.4. The largest absolute Gasteiger partial charge is 0.490 e. The van der Waals surface area contributed by atoms with E-state index < -0.39 is 17.6 Å². The number of rotatable bonds is 7. The molecule has 0 aliphatic carbocycles. The average Bonchev–Trinajstić information content (AvgIpc) is 3.37. The van der Waals surface area contributed by atoms with Crippen LogP contribution in [0, 0.1) is 23.7 Å². The lowest BCUT2D eigenvalue weighted by molar-refractivity contribution is -0.133. The Morgan fingerprint density at radius 1 is 1.25 bits per heavy atom. The molecule has 2 N–H and O–H groups in total. The van der Waals surface area contributed by atoms with Gasteiger partial charge in [-0.05, 0) is 67.5 Å². The molecule has 1 aliphatic heterocycles. The van der Waals surface area contributed by atoms with E-state index in [1.165, 1.54) is 0 Å². The van der Waals surface area contributed by atoms with Gasteiger partial charge in [0, 0.05) is 36.7 Å². The minimum Gasteiger partial charge on any atom is -0.490 e. The Morgan fingerprint density at radius 3 is 2.65 bits per heavy atom. The summed E-state index contributed by atoms with van der Waals surface area (Å²) in [5.41, 5.74) is 4.68. The Labute approximate surface area is 233 Å². The van der Waals surface area contributed by atoms with Crippen LogP contribution in [0.4, 0.5) is 4.79 Å². The lowest BCUT2D eigenvalue weighted by Crippen LogP contribution is -2.47. The van der Waals surface area contributed by atoms with Gasteiger partial charge in [-0.2, -0.15) is 10.2 Å². The molecule has 0 spiro atoms. The van der Waals surface area contributed by atoms with E-state index in [1.807, 2.05) is 53.7 Å². The number of carbonyl (C=O) groups excluding carboxylic acids is 1. The van der Waals surface area contributed by atoms with Gasteiger partial charge in [0.25, 0.3) is 5.89 Å². The molecular formula is C30H35N5O5. The number of carbonyl (C=O) groups is 2. The van der Waals surface area contributed by atoms with Crippen molar-refractivity contribution in [3.05, 3.63) is 52.6 Å². The number of nitrogens with zero attached hydrogens (tertiary/aromatic N) is 4. The summed E-state index contributed by atoms with van der Waals surface area (Å²) in [6, 6.07) is 10.8. The van der Waals surface area contributed by atoms with Crippen molar-refractivity contribution < 1.29 is 24.0 Å². The van der Waals surface area contributed by atoms with E-state index in [1.54, 1.807) is 23.1 Å². The molecule has 2 amide bonds. The SMILES string of the molecule is Cc1c(-c2noc(-c3ccc(OC(C)C)c(C#N)c3)n2)ccc2c1CCN(C(=O)CC(NC(=O)O)C(C)(C)C)C2. The molecule has 210 valence electrons. The number of fused-ring (bicyclic) bond motifs is 1. The first-order valence-corrected chi connectivity index (χ1v) is 13.3. The minimum atomic E-state index is -1.13. The molecule has 0 radical (unpaired) electrons. The number of nitriles is 1. The highest BCUT2D eigenvalue weighted by Gasteiger charge is 2.32. The van der Waals surface area contributed by atoms with E-state index in [0.717, 1.165) is 22.3 Å². The number of ether oxygens (including phenoxy) is 1. The molecule has 40 heavy (non-hydrogen) atoms. The van der Waals surface area contributed by atoms with Crippen LogP contribution in [0.5, 0.6) is 5.75 Å². The predicted molar refractivity (Wildman–Crippen MR) is 149 cm³/mol. The summed E-state index contributed by atoms with van der Waals surface area (Å²) in [5, 5.41) is 25.5. The highest BCUT2D eigenvalue weighted by atomic mass is 16.5. The van der Waals surface area contributed by atoms with Crippen molar-refractivity contribution in [2.24, 2.45) is 5.41 Å². The smallest absolute Gasteiger partial charge is 0.404 e. The molecule has 0 saturated carbocycles. The standard InChI is InChI=1S/C30H35N5O5/c1-17(2)39-24-10-8-19(13-21(24)15-31)28-33-27(34-40-28)23-9-7-20-16-35(12-11-22(20)18(23)3)26(36)14-25(30(4,5)6)32-29(37)38/h7-10,13,17,25,32H,11-12,14,16H2,1-6H3,(H,37,38). The van der Waals surface area contributed by atoms with Gasteiger partial charge >= 0.3 is 6.09 Å². The van der Waals surface area contributed by atoms with Crippen molar-refractivity contribution in [2.45, 2.75) is 73.1 Å². The van der Waals surface area contributed by atoms with Gasteiger partial charge in [0.1, 0.15) is 11.8 Å². The van der Waals surface area contributed by atoms with Crippen LogP contribution in [0.15, 0.2) is 34.9 Å². The lowest BCUT2D eigenvalue weighted by Gasteiger charge is -2.34. The number of carboxylic acid groups (broad SMARTS) is 1. The summed E-state index contributed by atoms with van der Waals surface area (Å²) in [7, 11) is 0. The number of aromatic nitrogens is 2. The maximum absolute atomic E-state index is 13.1. The second-order valence-corrected chi connectivity index (χ2v) is 11.4. The lowest BCUT2D eigenvalue weighted by atomic mass is 9.84. The number of hydrogen-bond acceptors (Lipinski definition) is 7. The van der Waals surface area contributed by atoms with Crippen LogP contribution in [-0.2, 0) is 17.8 Å². The van der Waals surface area contributed by atoms with Gasteiger partial charge in [-0.1, -0.05) is 38.1 Å². The fourth-order valence-corrected chi connectivity index (χ4v) is 4.88. The van der Waals surface area contributed by atoms with E-state index >= 15 is 0 Å². The molecular weight excluding hydrogens is 510 g/mol. The fraction of sp³-hybridized carbons (Fsp3) is 0.433. The molecule has 0 saturated heterocycles. The summed E-state index contributed by atoms with van der Waals surface area (Å²) in [6.07, 6.45) is -0.418. The van der Waals surface area contributed by atoms with Crippen molar-refractivity contribution in [1.29, 1.82) is 5.26 Å². The molecule has 0 bridgehead atoms. The van der Waals surface area contributed by atoms with Gasteiger partial charge in [0.15, 0.2) is 0 Å². The third kappa shape index (κ3) is 6.25. The van der Waals surface area contributed by atoms with E-state index in [-0.39, 0.29) is 18.4 Å². The van der Waals surface area contributed by atoms with E-state index in [9.17, 15) is 20.0 Å². The summed E-state index contributed by atoms with van der Waals surface area (Å²) >= 11 is 0. The van der Waals surface area contributed by atoms with Crippen molar-refractivity contribution in [3.8, 4) is 34.7 Å². The van der Waals surface area contributed by atoms with Gasteiger partial charge in [-0.25, -0.2) is 4.79 Å². The van der Waals surface area contributed by atoms with Crippen molar-refractivity contribution in [3.63, 3.8) is 0 Å². The van der Waals surface area contributed by atoms with Gasteiger partial charge in [-0.3, -0.25) is 4.79 Å². The summed E-state index contributed by atoms with van der Waals surface area (Å²) in [4.78, 5) is 30.8. The predicted octanol–water partition coefficient (Wildman–Crippen LogP) is 5.33. The number of nitrogens with one attached hydrogen (secondary N) is 1. The molecule has 2 aromatic carbocycles. The third-order valence-electron chi connectivity index (χ3n) is 7.14. The number of hydrogen-bond donors (Lipinski definition) is 2. The van der Waals surface area contributed by atoms with Crippen LogP contribution in [0.3, 0.4) is 0 Å². The molecule has 0 fully saturated rings. The zero-order chi connectivity index (χ0) is 29.2. The third-order valence-corrected chi connectivity index (χ3v) is 7.14. The van der Waals surface area contributed by atoms with E-state index in [4.69, 9.17) is 9.26 Å². The Bertz CT molecular complexity index is 1460.